The third-order valence-corrected chi connectivity index (χ3v) is 3.44. The van der Waals surface area contributed by atoms with E-state index in [-0.39, 0.29) is 42.4 Å². The number of hydrogen-bond donors (Lipinski definition) is 2. The molecule has 0 spiro atoms. The van der Waals surface area contributed by atoms with Gasteiger partial charge in [0.25, 0.3) is 0 Å². The number of halogens is 4. The highest BCUT2D eigenvalue weighted by atomic mass is 127. The summed E-state index contributed by atoms with van der Waals surface area (Å²) in [5.41, 5.74) is 7.20. The third kappa shape index (κ3) is 8.93. The molecule has 3 N–H and O–H groups in total. The summed E-state index contributed by atoms with van der Waals surface area (Å²) in [5.74, 6) is 1.28. The number of rotatable bonds is 9. The topological polar surface area (TPSA) is 91.0 Å². The van der Waals surface area contributed by atoms with Crippen LogP contribution in [0, 0.1) is 0 Å². The molecule has 1 aromatic heterocycles. The fourth-order valence-electron chi connectivity index (χ4n) is 2.24. The van der Waals surface area contributed by atoms with E-state index in [2.05, 4.69) is 20.0 Å². The normalized spacial score (nSPS) is 11.4. The molecule has 7 nitrogen and oxygen atoms in total. The number of hydrogen-bond acceptors (Lipinski definition) is 5. The minimum atomic E-state index is -4.41. The van der Waals surface area contributed by atoms with Gasteiger partial charge in [-0.25, -0.2) is 9.98 Å². The molecule has 1 heterocycles. The SMILES string of the molecule is CCOc1ccc(OCC)c(NC(N)=NCc2ccc(OCC(F)(F)F)nc2)c1.I. The number of guanidine groups is 1. The molecule has 1 aromatic carbocycles. The van der Waals surface area contributed by atoms with Gasteiger partial charge in [-0.1, -0.05) is 6.07 Å². The Morgan fingerprint density at radius 3 is 2.43 bits per heavy atom. The van der Waals surface area contributed by atoms with Crippen molar-refractivity contribution < 1.29 is 27.4 Å². The molecule has 0 aliphatic carbocycles. The number of nitrogens with zero attached hydrogens (tertiary/aromatic N) is 2. The molecule has 0 amide bonds. The lowest BCUT2D eigenvalue weighted by Gasteiger charge is -2.14. The van der Waals surface area contributed by atoms with Crippen molar-refractivity contribution in [2.75, 3.05) is 25.1 Å². The van der Waals surface area contributed by atoms with E-state index in [1.54, 1.807) is 24.3 Å². The molecule has 0 unspecified atom stereocenters. The van der Waals surface area contributed by atoms with Gasteiger partial charge < -0.3 is 25.3 Å². The Morgan fingerprint density at radius 2 is 1.83 bits per heavy atom. The summed E-state index contributed by atoms with van der Waals surface area (Å²) in [6.07, 6.45) is -3.03. The fraction of sp³-hybridized carbons (Fsp3) is 0.368. The van der Waals surface area contributed by atoms with Crippen LogP contribution in [0.5, 0.6) is 17.4 Å². The average molecular weight is 540 g/mol. The van der Waals surface area contributed by atoms with E-state index < -0.39 is 12.8 Å². The Balaban J connectivity index is 0.00000450. The summed E-state index contributed by atoms with van der Waals surface area (Å²) in [4.78, 5) is 8.03. The van der Waals surface area contributed by atoms with Crippen LogP contribution in [0.4, 0.5) is 18.9 Å². The first kappa shape index (κ1) is 25.6. The van der Waals surface area contributed by atoms with Gasteiger partial charge in [-0.05, 0) is 31.5 Å². The second-order valence-electron chi connectivity index (χ2n) is 5.76. The van der Waals surface area contributed by atoms with Gasteiger partial charge in [0.15, 0.2) is 12.6 Å². The number of nitrogens with two attached hydrogens (primary N) is 1. The molecule has 0 fully saturated rings. The van der Waals surface area contributed by atoms with Crippen LogP contribution in [-0.2, 0) is 6.54 Å². The highest BCUT2D eigenvalue weighted by Crippen LogP contribution is 2.29. The van der Waals surface area contributed by atoms with Crippen LogP contribution < -0.4 is 25.3 Å². The van der Waals surface area contributed by atoms with E-state index in [0.29, 0.717) is 36.0 Å². The standard InChI is InChI=1S/C19H23F3N4O3.HI/c1-3-27-14-6-7-16(28-4-2)15(9-14)26-18(23)25-11-13-5-8-17(24-10-13)29-12-19(20,21)22;/h5-10H,3-4,11-12H2,1-2H3,(H3,23,25,26);1H. The van der Waals surface area contributed by atoms with Crippen LogP contribution in [-0.4, -0.2) is 36.9 Å². The molecule has 0 atom stereocenters. The van der Waals surface area contributed by atoms with Crippen LogP contribution in [0.3, 0.4) is 0 Å². The smallest absolute Gasteiger partial charge is 0.422 e. The van der Waals surface area contributed by atoms with Gasteiger partial charge in [-0.2, -0.15) is 13.2 Å². The molecule has 2 aromatic rings. The molecule has 166 valence electrons. The largest absolute Gasteiger partial charge is 0.494 e. The zero-order valence-corrected chi connectivity index (χ0v) is 18.9. The number of nitrogens with one attached hydrogen (secondary N) is 1. The van der Waals surface area contributed by atoms with Crippen molar-refractivity contribution in [3.8, 4) is 17.4 Å². The zero-order valence-electron chi connectivity index (χ0n) is 16.5. The number of ether oxygens (including phenoxy) is 3. The van der Waals surface area contributed by atoms with Gasteiger partial charge in [-0.3, -0.25) is 0 Å². The van der Waals surface area contributed by atoms with Crippen LogP contribution >= 0.6 is 24.0 Å². The van der Waals surface area contributed by atoms with Gasteiger partial charge in [0.2, 0.25) is 5.88 Å². The van der Waals surface area contributed by atoms with E-state index in [1.165, 1.54) is 12.3 Å². The highest BCUT2D eigenvalue weighted by Gasteiger charge is 2.28. The van der Waals surface area contributed by atoms with Crippen molar-refractivity contribution in [1.82, 2.24) is 4.98 Å². The Hall–Kier alpha value is -2.44. The number of aromatic nitrogens is 1. The quantitative estimate of drug-likeness (QED) is 0.279. The maximum Gasteiger partial charge on any atom is 0.422 e. The predicted octanol–water partition coefficient (Wildman–Crippen LogP) is 4.36. The summed E-state index contributed by atoms with van der Waals surface area (Å²) in [6, 6.07) is 8.23. The lowest BCUT2D eigenvalue weighted by molar-refractivity contribution is -0.154. The lowest BCUT2D eigenvalue weighted by Crippen LogP contribution is -2.23. The van der Waals surface area contributed by atoms with Gasteiger partial charge >= 0.3 is 6.18 Å². The minimum Gasteiger partial charge on any atom is -0.494 e. The number of aliphatic imine (C=N–C) groups is 1. The summed E-state index contributed by atoms with van der Waals surface area (Å²) in [7, 11) is 0. The number of benzene rings is 1. The maximum absolute atomic E-state index is 12.1. The summed E-state index contributed by atoms with van der Waals surface area (Å²) < 4.78 is 52.0. The Labute approximate surface area is 189 Å². The van der Waals surface area contributed by atoms with E-state index >= 15 is 0 Å². The number of alkyl halides is 3. The van der Waals surface area contributed by atoms with Crippen molar-refractivity contribution in [2.45, 2.75) is 26.6 Å². The predicted molar refractivity (Wildman–Crippen MR) is 119 cm³/mol. The van der Waals surface area contributed by atoms with Gasteiger partial charge in [-0.15, -0.1) is 24.0 Å². The van der Waals surface area contributed by atoms with Gasteiger partial charge in [0, 0.05) is 18.3 Å². The molecule has 0 aliphatic heterocycles. The first-order valence-corrected chi connectivity index (χ1v) is 8.91. The van der Waals surface area contributed by atoms with Crippen LogP contribution in [0.1, 0.15) is 19.4 Å². The first-order valence-electron chi connectivity index (χ1n) is 8.91. The lowest BCUT2D eigenvalue weighted by atomic mass is 10.2. The van der Waals surface area contributed by atoms with Crippen molar-refractivity contribution in [3.05, 3.63) is 42.1 Å². The second kappa shape index (κ2) is 12.3. The van der Waals surface area contributed by atoms with Gasteiger partial charge in [0.05, 0.1) is 25.4 Å². The van der Waals surface area contributed by atoms with Gasteiger partial charge in [0.1, 0.15) is 11.5 Å². The van der Waals surface area contributed by atoms with E-state index in [9.17, 15) is 13.2 Å². The molecular formula is C19H24F3IN4O3. The second-order valence-corrected chi connectivity index (χ2v) is 5.76. The van der Waals surface area contributed by atoms with E-state index in [0.717, 1.165) is 0 Å². The molecule has 0 bridgehead atoms. The number of anilines is 1. The fourth-order valence-corrected chi connectivity index (χ4v) is 2.24. The molecule has 0 aliphatic rings. The maximum atomic E-state index is 12.1. The van der Waals surface area contributed by atoms with E-state index in [1.807, 2.05) is 13.8 Å². The molecular weight excluding hydrogens is 516 g/mol. The first-order chi connectivity index (χ1) is 13.8. The van der Waals surface area contributed by atoms with Crippen molar-refractivity contribution >= 4 is 35.6 Å². The van der Waals surface area contributed by atoms with E-state index in [4.69, 9.17) is 15.2 Å². The molecule has 11 heteroatoms. The summed E-state index contributed by atoms with van der Waals surface area (Å²) in [5, 5.41) is 2.97. The minimum absolute atomic E-state index is 0. The Kier molecular flexibility index (Phi) is 10.5. The molecule has 0 saturated heterocycles. The third-order valence-electron chi connectivity index (χ3n) is 3.44. The highest BCUT2D eigenvalue weighted by molar-refractivity contribution is 14.0. The Morgan fingerprint density at radius 1 is 1.10 bits per heavy atom. The summed E-state index contributed by atoms with van der Waals surface area (Å²) >= 11 is 0. The van der Waals surface area contributed by atoms with Crippen molar-refractivity contribution in [2.24, 2.45) is 10.7 Å². The average Bonchev–Trinajstić information content (AvgIpc) is 2.67. The molecule has 0 saturated carbocycles. The molecule has 30 heavy (non-hydrogen) atoms. The van der Waals surface area contributed by atoms with Crippen LogP contribution in [0.2, 0.25) is 0 Å². The molecule has 0 radical (unpaired) electrons. The molecule has 2 rings (SSSR count). The Bertz CT molecular complexity index is 818. The van der Waals surface area contributed by atoms with Crippen molar-refractivity contribution in [1.29, 1.82) is 0 Å². The summed E-state index contributed by atoms with van der Waals surface area (Å²) in [6.45, 7) is 3.54. The van der Waals surface area contributed by atoms with Crippen LogP contribution in [0.15, 0.2) is 41.5 Å². The monoisotopic (exact) mass is 540 g/mol. The number of pyridine rings is 1. The van der Waals surface area contributed by atoms with Crippen molar-refractivity contribution in [3.63, 3.8) is 0 Å². The zero-order chi connectivity index (χ0) is 21.3. The van der Waals surface area contributed by atoms with Crippen LogP contribution in [0.25, 0.3) is 0 Å².